The Morgan fingerprint density at radius 2 is 1.72 bits per heavy atom. The molecule has 32 heavy (non-hydrogen) atoms. The molecule has 0 radical (unpaired) electrons. The molecule has 10 heteroatoms. The van der Waals surface area contributed by atoms with Gasteiger partial charge in [-0.25, -0.2) is 9.97 Å². The molecule has 0 saturated carbocycles. The van der Waals surface area contributed by atoms with Crippen LogP contribution in [0.2, 0.25) is 0 Å². The third kappa shape index (κ3) is 5.87. The van der Waals surface area contributed by atoms with Crippen LogP contribution >= 0.6 is 0 Å². The molecule has 0 saturated heterocycles. The van der Waals surface area contributed by atoms with Crippen LogP contribution in [0, 0.1) is 0 Å². The molecule has 1 amide bonds. The molecule has 0 atom stereocenters. The number of hydrogen-bond acceptors (Lipinski definition) is 6. The summed E-state index contributed by atoms with van der Waals surface area (Å²) in [5.74, 6) is -0.761. The molecule has 0 spiro atoms. The third-order valence-corrected chi connectivity index (χ3v) is 4.67. The van der Waals surface area contributed by atoms with Crippen molar-refractivity contribution < 1.29 is 22.8 Å². The van der Waals surface area contributed by atoms with Crippen molar-refractivity contribution in [1.82, 2.24) is 15.0 Å². The van der Waals surface area contributed by atoms with Crippen LogP contribution in [0.4, 0.5) is 24.8 Å². The number of carbonyl (C=O) groups is 2. The van der Waals surface area contributed by atoms with Crippen molar-refractivity contribution in [1.29, 1.82) is 0 Å². The lowest BCUT2D eigenvalue weighted by molar-refractivity contribution is -0.138. The van der Waals surface area contributed by atoms with Crippen LogP contribution in [-0.4, -0.2) is 26.6 Å². The lowest BCUT2D eigenvalue weighted by Crippen LogP contribution is -2.16. The van der Waals surface area contributed by atoms with E-state index in [2.05, 4.69) is 20.3 Å². The number of primary amides is 1. The van der Waals surface area contributed by atoms with Gasteiger partial charge in [0.15, 0.2) is 5.78 Å². The Morgan fingerprint density at radius 3 is 2.31 bits per heavy atom. The van der Waals surface area contributed by atoms with E-state index < -0.39 is 17.6 Å². The number of ketones is 1. The number of nitrogens with one attached hydrogen (secondary N) is 1. The normalized spacial score (nSPS) is 11.2. The van der Waals surface area contributed by atoms with Gasteiger partial charge in [-0.3, -0.25) is 14.6 Å². The molecular formula is C22H20F3N5O2. The highest BCUT2D eigenvalue weighted by Gasteiger charge is 2.34. The van der Waals surface area contributed by atoms with Gasteiger partial charge in [0, 0.05) is 13.1 Å². The van der Waals surface area contributed by atoms with Gasteiger partial charge in [0.1, 0.15) is 5.69 Å². The van der Waals surface area contributed by atoms with E-state index in [4.69, 9.17) is 5.73 Å². The Kier molecular flexibility index (Phi) is 6.82. The lowest BCUT2D eigenvalue weighted by Gasteiger charge is -2.14. The summed E-state index contributed by atoms with van der Waals surface area (Å²) in [5, 5.41) is 2.80. The molecule has 0 aliphatic heterocycles. The predicted octanol–water partition coefficient (Wildman–Crippen LogP) is 3.65. The SMILES string of the molecule is CC(=O)c1ccc(Nc2ncc(C(F)(F)F)c(CCc3ccccc3CC(N)=O)n2)cn1. The first kappa shape index (κ1) is 22.9. The number of pyridine rings is 1. The summed E-state index contributed by atoms with van der Waals surface area (Å²) in [4.78, 5) is 34.4. The van der Waals surface area contributed by atoms with Gasteiger partial charge < -0.3 is 11.1 Å². The number of aromatic nitrogens is 3. The van der Waals surface area contributed by atoms with Crippen LogP contribution in [0.25, 0.3) is 0 Å². The highest BCUT2D eigenvalue weighted by atomic mass is 19.4. The zero-order valence-electron chi connectivity index (χ0n) is 17.1. The molecule has 2 heterocycles. The van der Waals surface area contributed by atoms with Crippen LogP contribution in [0.3, 0.4) is 0 Å². The quantitative estimate of drug-likeness (QED) is 0.514. The van der Waals surface area contributed by atoms with Crippen LogP contribution in [-0.2, 0) is 30.2 Å². The number of nitrogens with zero attached hydrogens (tertiary/aromatic N) is 3. The van der Waals surface area contributed by atoms with Crippen molar-refractivity contribution in [3.8, 4) is 0 Å². The first-order valence-electron chi connectivity index (χ1n) is 9.65. The zero-order chi connectivity index (χ0) is 23.3. The number of hydrogen-bond donors (Lipinski definition) is 2. The minimum atomic E-state index is -4.62. The van der Waals surface area contributed by atoms with Crippen LogP contribution in [0.5, 0.6) is 0 Å². The molecular weight excluding hydrogens is 423 g/mol. The van der Waals surface area contributed by atoms with Gasteiger partial charge in [0.05, 0.1) is 29.6 Å². The standard InChI is InChI=1S/C22H20F3N5O2/c1-13(31)18-9-7-16(11-27-18)29-21-28-12-17(22(23,24)25)19(30-21)8-6-14-4-2-3-5-15(14)10-20(26)32/h2-5,7,9,11-12H,6,8,10H2,1H3,(H2,26,32)(H,28,29,30). The second-order valence-electron chi connectivity index (χ2n) is 7.08. The lowest BCUT2D eigenvalue weighted by atomic mass is 9.98. The molecule has 3 aromatic rings. The number of aryl methyl sites for hydroxylation is 2. The minimum Gasteiger partial charge on any atom is -0.369 e. The molecule has 0 aliphatic rings. The number of nitrogens with two attached hydrogens (primary N) is 1. The molecule has 1 aromatic carbocycles. The van der Waals surface area contributed by atoms with Crippen molar-refractivity contribution in [2.45, 2.75) is 32.4 Å². The summed E-state index contributed by atoms with van der Waals surface area (Å²) in [5.41, 5.74) is 6.22. The van der Waals surface area contributed by atoms with Crippen molar-refractivity contribution in [3.05, 3.63) is 76.9 Å². The van der Waals surface area contributed by atoms with E-state index in [9.17, 15) is 22.8 Å². The average molecular weight is 443 g/mol. The van der Waals surface area contributed by atoms with E-state index in [0.29, 0.717) is 11.3 Å². The number of carbonyl (C=O) groups excluding carboxylic acids is 2. The second-order valence-corrected chi connectivity index (χ2v) is 7.08. The first-order valence-corrected chi connectivity index (χ1v) is 9.65. The summed E-state index contributed by atoms with van der Waals surface area (Å²) in [6.45, 7) is 1.38. The molecule has 2 aromatic heterocycles. The van der Waals surface area contributed by atoms with E-state index in [-0.39, 0.29) is 42.4 Å². The number of rotatable bonds is 8. The molecule has 0 bridgehead atoms. The highest BCUT2D eigenvalue weighted by molar-refractivity contribution is 5.92. The maximum absolute atomic E-state index is 13.5. The van der Waals surface area contributed by atoms with Gasteiger partial charge >= 0.3 is 6.18 Å². The summed E-state index contributed by atoms with van der Waals surface area (Å²) in [6.07, 6.45) is -2.30. The van der Waals surface area contributed by atoms with Crippen molar-refractivity contribution in [2.24, 2.45) is 5.73 Å². The average Bonchev–Trinajstić information content (AvgIpc) is 2.72. The molecule has 3 N–H and O–H groups in total. The zero-order valence-corrected chi connectivity index (χ0v) is 17.1. The third-order valence-electron chi connectivity index (χ3n) is 4.67. The van der Waals surface area contributed by atoms with E-state index in [1.165, 1.54) is 19.2 Å². The first-order chi connectivity index (χ1) is 15.1. The molecule has 7 nitrogen and oxygen atoms in total. The molecule has 3 rings (SSSR count). The largest absolute Gasteiger partial charge is 0.419 e. The molecule has 0 unspecified atom stereocenters. The van der Waals surface area contributed by atoms with Crippen molar-refractivity contribution in [2.75, 3.05) is 5.32 Å². The Balaban J connectivity index is 1.85. The summed E-state index contributed by atoms with van der Waals surface area (Å²) >= 11 is 0. The van der Waals surface area contributed by atoms with Crippen LogP contribution in [0.1, 0.15) is 39.8 Å². The number of alkyl halides is 3. The van der Waals surface area contributed by atoms with Gasteiger partial charge in [-0.05, 0) is 36.1 Å². The van der Waals surface area contributed by atoms with Gasteiger partial charge in [0.2, 0.25) is 11.9 Å². The number of benzene rings is 1. The van der Waals surface area contributed by atoms with Crippen LogP contribution in [0.15, 0.2) is 48.8 Å². The Bertz CT molecular complexity index is 1130. The fourth-order valence-electron chi connectivity index (χ4n) is 3.12. The summed E-state index contributed by atoms with van der Waals surface area (Å²) in [6, 6.07) is 10.00. The molecule has 0 fully saturated rings. The van der Waals surface area contributed by atoms with Gasteiger partial charge in [-0.15, -0.1) is 0 Å². The Morgan fingerprint density at radius 1 is 1.00 bits per heavy atom. The van der Waals surface area contributed by atoms with Crippen molar-refractivity contribution in [3.63, 3.8) is 0 Å². The maximum Gasteiger partial charge on any atom is 0.419 e. The minimum absolute atomic E-state index is 0.00212. The number of halogens is 3. The fourth-order valence-corrected chi connectivity index (χ4v) is 3.12. The van der Waals surface area contributed by atoms with Gasteiger partial charge in [-0.1, -0.05) is 24.3 Å². The number of Topliss-reactive ketones (excluding diaryl/α,β-unsaturated/α-hetero) is 1. The summed E-state index contributed by atoms with van der Waals surface area (Å²) in [7, 11) is 0. The van der Waals surface area contributed by atoms with Gasteiger partial charge in [0.25, 0.3) is 0 Å². The smallest absolute Gasteiger partial charge is 0.369 e. The van der Waals surface area contributed by atoms with E-state index in [0.717, 1.165) is 11.8 Å². The maximum atomic E-state index is 13.5. The van der Waals surface area contributed by atoms with Crippen LogP contribution < -0.4 is 11.1 Å². The molecule has 0 aliphatic carbocycles. The monoisotopic (exact) mass is 443 g/mol. The van der Waals surface area contributed by atoms with E-state index in [1.807, 2.05) is 0 Å². The van der Waals surface area contributed by atoms with E-state index >= 15 is 0 Å². The Hall–Kier alpha value is -3.82. The summed E-state index contributed by atoms with van der Waals surface area (Å²) < 4.78 is 40.5. The van der Waals surface area contributed by atoms with E-state index in [1.54, 1.807) is 30.3 Å². The fraction of sp³-hybridized carbons (Fsp3) is 0.227. The second kappa shape index (κ2) is 9.54. The topological polar surface area (TPSA) is 111 Å². The highest BCUT2D eigenvalue weighted by Crippen LogP contribution is 2.32. The predicted molar refractivity (Wildman–Crippen MR) is 111 cm³/mol. The van der Waals surface area contributed by atoms with Gasteiger partial charge in [-0.2, -0.15) is 13.2 Å². The number of amides is 1. The number of anilines is 2. The molecule has 166 valence electrons. The Labute approximate surface area is 181 Å². The van der Waals surface area contributed by atoms with Crippen molar-refractivity contribution >= 4 is 23.3 Å².